The summed E-state index contributed by atoms with van der Waals surface area (Å²) in [4.78, 5) is 2.33. The van der Waals surface area contributed by atoms with Gasteiger partial charge in [0.2, 0.25) is 0 Å². The fourth-order valence-corrected chi connectivity index (χ4v) is 8.64. The minimum atomic E-state index is 0.887. The Balaban J connectivity index is 1.06. The lowest BCUT2D eigenvalue weighted by Gasteiger charge is -2.25. The molecule has 0 aliphatic heterocycles. The molecular formula is C54H35NO. The first-order valence-electron chi connectivity index (χ1n) is 19.2. The van der Waals surface area contributed by atoms with Gasteiger partial charge in [-0.15, -0.1) is 0 Å². The Labute approximate surface area is 325 Å². The van der Waals surface area contributed by atoms with E-state index in [2.05, 4.69) is 217 Å². The summed E-state index contributed by atoms with van der Waals surface area (Å²) in [5.74, 6) is 0. The third kappa shape index (κ3) is 5.26. The number of benzene rings is 10. The van der Waals surface area contributed by atoms with Crippen molar-refractivity contribution in [3.8, 4) is 33.4 Å². The maximum Gasteiger partial charge on any atom is 0.143 e. The molecule has 0 bridgehead atoms. The predicted octanol–water partition coefficient (Wildman–Crippen LogP) is 15.5. The highest BCUT2D eigenvalue weighted by Gasteiger charge is 2.19. The Morgan fingerprint density at radius 3 is 1.55 bits per heavy atom. The molecule has 2 nitrogen and oxygen atoms in total. The fraction of sp³-hybridized carbons (Fsp3) is 0. The second-order valence-corrected chi connectivity index (χ2v) is 14.5. The number of fused-ring (bicyclic) bond motifs is 8. The second kappa shape index (κ2) is 13.2. The summed E-state index contributed by atoms with van der Waals surface area (Å²) in [6.45, 7) is 0. The molecule has 0 aliphatic rings. The zero-order chi connectivity index (χ0) is 37.0. The molecule has 0 radical (unpaired) electrons. The van der Waals surface area contributed by atoms with Crippen LogP contribution in [0.5, 0.6) is 0 Å². The van der Waals surface area contributed by atoms with Gasteiger partial charge in [-0.1, -0.05) is 158 Å². The van der Waals surface area contributed by atoms with Crippen LogP contribution in [0.2, 0.25) is 0 Å². The fourth-order valence-electron chi connectivity index (χ4n) is 8.64. The minimum absolute atomic E-state index is 0.887. The van der Waals surface area contributed by atoms with Gasteiger partial charge in [0, 0.05) is 33.2 Å². The molecular weight excluding hydrogens is 679 g/mol. The highest BCUT2D eigenvalue weighted by atomic mass is 16.3. The van der Waals surface area contributed by atoms with Gasteiger partial charge in [-0.05, 0) is 115 Å². The summed E-state index contributed by atoms with van der Waals surface area (Å²) >= 11 is 0. The second-order valence-electron chi connectivity index (χ2n) is 14.5. The number of para-hydroxylation sites is 1. The third-order valence-corrected chi connectivity index (χ3v) is 11.2. The van der Waals surface area contributed by atoms with Gasteiger partial charge in [0.05, 0.1) is 0 Å². The van der Waals surface area contributed by atoms with Crippen molar-refractivity contribution in [3.05, 3.63) is 212 Å². The monoisotopic (exact) mass is 713 g/mol. The Bertz CT molecular complexity index is 3220. The molecule has 11 rings (SSSR count). The first-order valence-corrected chi connectivity index (χ1v) is 19.2. The summed E-state index contributed by atoms with van der Waals surface area (Å²) in [7, 11) is 0. The number of hydrogen-bond acceptors (Lipinski definition) is 2. The van der Waals surface area contributed by atoms with Crippen molar-refractivity contribution in [1.29, 1.82) is 0 Å². The number of hydrogen-bond donors (Lipinski definition) is 0. The largest absolute Gasteiger partial charge is 0.455 e. The van der Waals surface area contributed by atoms with E-state index in [1.807, 2.05) is 0 Å². The van der Waals surface area contributed by atoms with Crippen molar-refractivity contribution >= 4 is 71.3 Å². The van der Waals surface area contributed by atoms with Crippen LogP contribution in [-0.4, -0.2) is 0 Å². The number of anilines is 3. The van der Waals surface area contributed by atoms with E-state index in [0.29, 0.717) is 0 Å². The van der Waals surface area contributed by atoms with Crippen LogP contribution in [0.25, 0.3) is 87.6 Å². The minimum Gasteiger partial charge on any atom is -0.455 e. The van der Waals surface area contributed by atoms with Crippen LogP contribution in [0.3, 0.4) is 0 Å². The van der Waals surface area contributed by atoms with Crippen LogP contribution in [0.15, 0.2) is 217 Å². The predicted molar refractivity (Wildman–Crippen MR) is 237 cm³/mol. The van der Waals surface area contributed by atoms with Crippen molar-refractivity contribution in [2.45, 2.75) is 0 Å². The van der Waals surface area contributed by atoms with Crippen LogP contribution in [0.1, 0.15) is 0 Å². The van der Waals surface area contributed by atoms with Crippen LogP contribution in [-0.2, 0) is 0 Å². The highest BCUT2D eigenvalue weighted by molar-refractivity contribution is 6.22. The zero-order valence-corrected chi connectivity index (χ0v) is 30.6. The average Bonchev–Trinajstić information content (AvgIpc) is 3.66. The Morgan fingerprint density at radius 2 is 0.821 bits per heavy atom. The Morgan fingerprint density at radius 1 is 0.286 bits per heavy atom. The summed E-state index contributed by atoms with van der Waals surface area (Å²) < 4.78 is 6.48. The van der Waals surface area contributed by atoms with E-state index in [-0.39, 0.29) is 0 Å². The SMILES string of the molecule is c1ccc(-c2c(-c3ccccc3)c3cc(-c4ccc(N(c5ccccc5)c5ccc6oc7c8ccccc8ccc7c6c5)cc4)ccc3c3ccccc23)cc1. The Kier molecular flexibility index (Phi) is 7.53. The molecule has 0 saturated heterocycles. The molecule has 0 aliphatic carbocycles. The van der Waals surface area contributed by atoms with E-state index in [4.69, 9.17) is 4.42 Å². The summed E-state index contributed by atoms with van der Waals surface area (Å²) in [6, 6.07) is 76.4. The molecule has 0 atom stereocenters. The van der Waals surface area contributed by atoms with Gasteiger partial charge >= 0.3 is 0 Å². The van der Waals surface area contributed by atoms with Crippen LogP contribution < -0.4 is 4.90 Å². The molecule has 1 aromatic heterocycles. The standard InChI is InChI=1S/C54H35NO/c1-4-15-38(16-5-1)52-47-23-13-12-22-45(47)46-31-27-40(34-50(46)53(52)39-17-6-2-7-18-39)36-24-28-42(29-25-36)55(41-19-8-3-9-20-41)43-30-33-51-49(35-43)48-32-26-37-14-10-11-21-44(37)54(48)56-51/h1-35H. The molecule has 11 aromatic rings. The third-order valence-electron chi connectivity index (χ3n) is 11.2. The summed E-state index contributed by atoms with van der Waals surface area (Å²) in [6.07, 6.45) is 0. The first-order chi connectivity index (χ1) is 27.8. The molecule has 0 fully saturated rings. The Hall–Kier alpha value is -7.42. The summed E-state index contributed by atoms with van der Waals surface area (Å²) in [5, 5.41) is 9.56. The smallest absolute Gasteiger partial charge is 0.143 e. The van der Waals surface area contributed by atoms with Crippen LogP contribution in [0.4, 0.5) is 17.1 Å². The van der Waals surface area contributed by atoms with E-state index in [0.717, 1.165) is 44.4 Å². The molecule has 0 N–H and O–H groups in total. The van der Waals surface area contributed by atoms with Crippen LogP contribution >= 0.6 is 0 Å². The lowest BCUT2D eigenvalue weighted by atomic mass is 9.84. The van der Waals surface area contributed by atoms with Gasteiger partial charge < -0.3 is 9.32 Å². The van der Waals surface area contributed by atoms with Gasteiger partial charge in [-0.25, -0.2) is 0 Å². The van der Waals surface area contributed by atoms with Gasteiger partial charge in [-0.2, -0.15) is 0 Å². The molecule has 0 amide bonds. The number of furan rings is 1. The lowest BCUT2D eigenvalue weighted by Crippen LogP contribution is -2.09. The molecule has 0 unspecified atom stereocenters. The van der Waals surface area contributed by atoms with Gasteiger partial charge in [-0.3, -0.25) is 0 Å². The molecule has 262 valence electrons. The molecule has 2 heteroatoms. The molecule has 0 spiro atoms. The van der Waals surface area contributed by atoms with E-state index in [9.17, 15) is 0 Å². The van der Waals surface area contributed by atoms with Crippen molar-refractivity contribution < 1.29 is 4.42 Å². The van der Waals surface area contributed by atoms with E-state index < -0.39 is 0 Å². The van der Waals surface area contributed by atoms with Gasteiger partial charge in [0.25, 0.3) is 0 Å². The molecule has 0 saturated carbocycles. The van der Waals surface area contributed by atoms with Crippen molar-refractivity contribution in [1.82, 2.24) is 0 Å². The molecule has 56 heavy (non-hydrogen) atoms. The van der Waals surface area contributed by atoms with Crippen molar-refractivity contribution in [2.24, 2.45) is 0 Å². The van der Waals surface area contributed by atoms with Crippen molar-refractivity contribution in [3.63, 3.8) is 0 Å². The normalized spacial score (nSPS) is 11.6. The number of nitrogens with zero attached hydrogens (tertiary/aromatic N) is 1. The topological polar surface area (TPSA) is 16.4 Å². The first kappa shape index (κ1) is 32.0. The number of rotatable bonds is 6. The van der Waals surface area contributed by atoms with E-state index in [1.165, 1.54) is 60.3 Å². The summed E-state index contributed by atoms with van der Waals surface area (Å²) in [5.41, 5.74) is 12.4. The highest BCUT2D eigenvalue weighted by Crippen LogP contribution is 2.46. The van der Waals surface area contributed by atoms with Gasteiger partial charge in [0.1, 0.15) is 11.2 Å². The van der Waals surface area contributed by atoms with Gasteiger partial charge in [0.15, 0.2) is 0 Å². The van der Waals surface area contributed by atoms with E-state index >= 15 is 0 Å². The maximum atomic E-state index is 6.48. The van der Waals surface area contributed by atoms with Crippen LogP contribution in [0, 0.1) is 0 Å². The zero-order valence-electron chi connectivity index (χ0n) is 30.6. The quantitative estimate of drug-likeness (QED) is 0.160. The maximum absolute atomic E-state index is 6.48. The average molecular weight is 714 g/mol. The van der Waals surface area contributed by atoms with Crippen molar-refractivity contribution in [2.75, 3.05) is 4.90 Å². The lowest BCUT2D eigenvalue weighted by molar-refractivity contribution is 0.672. The van der Waals surface area contributed by atoms with E-state index in [1.54, 1.807) is 0 Å². The molecule has 10 aromatic carbocycles. The molecule has 1 heterocycles.